The number of methoxy groups -OCH3 is 2. The monoisotopic (exact) mass is 301 g/mol. The minimum atomic E-state index is -0.287. The van der Waals surface area contributed by atoms with E-state index in [0.29, 0.717) is 23.7 Å². The Morgan fingerprint density at radius 1 is 1.14 bits per heavy atom. The van der Waals surface area contributed by atoms with Gasteiger partial charge in [-0.3, -0.25) is 9.59 Å². The van der Waals surface area contributed by atoms with E-state index >= 15 is 0 Å². The van der Waals surface area contributed by atoms with Crippen molar-refractivity contribution < 1.29 is 14.3 Å². The van der Waals surface area contributed by atoms with Crippen LogP contribution < -0.4 is 15.0 Å². The number of carbonyl (C=O) groups excluding carboxylic acids is 1. The molecule has 0 aliphatic heterocycles. The van der Waals surface area contributed by atoms with Crippen LogP contribution in [0.2, 0.25) is 0 Å². The van der Waals surface area contributed by atoms with Gasteiger partial charge in [0.05, 0.1) is 25.5 Å². The van der Waals surface area contributed by atoms with Crippen molar-refractivity contribution in [3.8, 4) is 22.8 Å². The van der Waals surface area contributed by atoms with Gasteiger partial charge in [-0.1, -0.05) is 0 Å². The predicted molar refractivity (Wildman–Crippen MR) is 84.9 cm³/mol. The maximum absolute atomic E-state index is 12.4. The zero-order valence-electron chi connectivity index (χ0n) is 13.2. The molecule has 0 aliphatic rings. The van der Waals surface area contributed by atoms with Crippen LogP contribution in [0.15, 0.2) is 35.1 Å². The van der Waals surface area contributed by atoms with Crippen LogP contribution in [0.3, 0.4) is 0 Å². The summed E-state index contributed by atoms with van der Waals surface area (Å²) in [6, 6.07) is 8.74. The van der Waals surface area contributed by atoms with Gasteiger partial charge in [0.15, 0.2) is 5.78 Å². The second kappa shape index (κ2) is 6.47. The molecule has 0 bridgehead atoms. The van der Waals surface area contributed by atoms with Gasteiger partial charge in [0, 0.05) is 18.2 Å². The Labute approximate surface area is 129 Å². The minimum Gasteiger partial charge on any atom is -0.497 e. The zero-order chi connectivity index (χ0) is 16.3. The Morgan fingerprint density at radius 3 is 2.41 bits per heavy atom. The molecular formula is C17H19NO4. The molecule has 0 N–H and O–H groups in total. The van der Waals surface area contributed by atoms with Crippen molar-refractivity contribution in [2.24, 2.45) is 0 Å². The van der Waals surface area contributed by atoms with Gasteiger partial charge in [-0.25, -0.2) is 0 Å². The number of Topliss-reactive ketones (excluding diaryl/α,β-unsaturated/α-hetero) is 1. The van der Waals surface area contributed by atoms with Gasteiger partial charge >= 0.3 is 0 Å². The van der Waals surface area contributed by atoms with Crippen LogP contribution in [0.4, 0.5) is 0 Å². The second-order valence-corrected chi connectivity index (χ2v) is 4.80. The molecule has 1 aromatic heterocycles. The fourth-order valence-corrected chi connectivity index (χ4v) is 2.41. The second-order valence-electron chi connectivity index (χ2n) is 4.80. The standard InChI is InChI=1S/C17H19NO4/c1-5-18-15(9-8-13(11(2)19)17(18)20)14-7-6-12(21-3)10-16(14)22-4/h6-10H,5H2,1-4H3. The van der Waals surface area contributed by atoms with E-state index in [1.165, 1.54) is 6.92 Å². The molecule has 5 nitrogen and oxygen atoms in total. The van der Waals surface area contributed by atoms with Crippen molar-refractivity contribution in [3.05, 3.63) is 46.2 Å². The van der Waals surface area contributed by atoms with Crippen LogP contribution in [0, 0.1) is 0 Å². The number of hydrogen-bond donors (Lipinski definition) is 0. The van der Waals surface area contributed by atoms with Crippen LogP contribution in [0.25, 0.3) is 11.3 Å². The van der Waals surface area contributed by atoms with Gasteiger partial charge in [0.1, 0.15) is 11.5 Å². The normalized spacial score (nSPS) is 10.4. The number of ketones is 1. The van der Waals surface area contributed by atoms with Crippen molar-refractivity contribution in [1.29, 1.82) is 0 Å². The van der Waals surface area contributed by atoms with Crippen molar-refractivity contribution in [2.45, 2.75) is 20.4 Å². The van der Waals surface area contributed by atoms with Gasteiger partial charge < -0.3 is 14.0 Å². The Kier molecular flexibility index (Phi) is 4.65. The fourth-order valence-electron chi connectivity index (χ4n) is 2.41. The molecule has 2 rings (SSSR count). The molecule has 0 spiro atoms. The largest absolute Gasteiger partial charge is 0.497 e. The summed E-state index contributed by atoms with van der Waals surface area (Å²) in [5.41, 5.74) is 1.39. The quantitative estimate of drug-likeness (QED) is 0.797. The number of nitrogens with zero attached hydrogens (tertiary/aromatic N) is 1. The molecule has 22 heavy (non-hydrogen) atoms. The summed E-state index contributed by atoms with van der Waals surface area (Å²) in [6.45, 7) is 3.72. The Hall–Kier alpha value is -2.56. The average Bonchev–Trinajstić information content (AvgIpc) is 2.53. The van der Waals surface area contributed by atoms with Crippen molar-refractivity contribution in [2.75, 3.05) is 14.2 Å². The molecule has 0 unspecified atom stereocenters. The van der Waals surface area contributed by atoms with Gasteiger partial charge in [0.25, 0.3) is 5.56 Å². The van der Waals surface area contributed by atoms with Crippen LogP contribution in [-0.4, -0.2) is 24.6 Å². The molecule has 0 saturated carbocycles. The highest BCUT2D eigenvalue weighted by Gasteiger charge is 2.15. The zero-order valence-corrected chi connectivity index (χ0v) is 13.2. The van der Waals surface area contributed by atoms with Crippen molar-refractivity contribution in [1.82, 2.24) is 4.57 Å². The summed E-state index contributed by atoms with van der Waals surface area (Å²) in [5.74, 6) is 1.04. The molecular weight excluding hydrogens is 282 g/mol. The summed E-state index contributed by atoms with van der Waals surface area (Å²) >= 11 is 0. The third-order valence-electron chi connectivity index (χ3n) is 3.55. The molecule has 2 aromatic rings. The summed E-state index contributed by atoms with van der Waals surface area (Å²) in [7, 11) is 3.15. The Morgan fingerprint density at radius 2 is 1.86 bits per heavy atom. The maximum Gasteiger partial charge on any atom is 0.261 e. The van der Waals surface area contributed by atoms with E-state index in [0.717, 1.165) is 5.56 Å². The highest BCUT2D eigenvalue weighted by Crippen LogP contribution is 2.32. The molecule has 1 aromatic carbocycles. The SMILES string of the molecule is CCn1c(-c2ccc(OC)cc2OC)ccc(C(C)=O)c1=O. The lowest BCUT2D eigenvalue weighted by atomic mass is 10.1. The molecule has 0 fully saturated rings. The van der Waals surface area contributed by atoms with E-state index in [1.807, 2.05) is 13.0 Å². The molecule has 0 radical (unpaired) electrons. The van der Waals surface area contributed by atoms with Crippen LogP contribution in [0.1, 0.15) is 24.2 Å². The topological polar surface area (TPSA) is 57.5 Å². The van der Waals surface area contributed by atoms with E-state index in [2.05, 4.69) is 0 Å². The van der Waals surface area contributed by atoms with Crippen molar-refractivity contribution >= 4 is 5.78 Å². The summed E-state index contributed by atoms with van der Waals surface area (Å²) in [5, 5.41) is 0. The van der Waals surface area contributed by atoms with E-state index in [9.17, 15) is 9.59 Å². The highest BCUT2D eigenvalue weighted by atomic mass is 16.5. The smallest absolute Gasteiger partial charge is 0.261 e. The first-order chi connectivity index (χ1) is 10.5. The van der Waals surface area contributed by atoms with E-state index in [4.69, 9.17) is 9.47 Å². The lowest BCUT2D eigenvalue weighted by Gasteiger charge is -2.15. The van der Waals surface area contributed by atoms with Gasteiger partial charge in [0.2, 0.25) is 0 Å². The lowest BCUT2D eigenvalue weighted by Crippen LogP contribution is -2.26. The molecule has 0 atom stereocenters. The van der Waals surface area contributed by atoms with Crippen LogP contribution in [-0.2, 0) is 6.54 Å². The highest BCUT2D eigenvalue weighted by molar-refractivity contribution is 5.94. The maximum atomic E-state index is 12.4. The van der Waals surface area contributed by atoms with Gasteiger partial charge in [-0.05, 0) is 38.1 Å². The summed E-state index contributed by atoms with van der Waals surface area (Å²) < 4.78 is 12.2. The number of aromatic nitrogens is 1. The molecule has 116 valence electrons. The molecule has 0 aliphatic carbocycles. The molecule has 0 saturated heterocycles. The molecule has 1 heterocycles. The van der Waals surface area contributed by atoms with E-state index in [1.54, 1.807) is 43.1 Å². The number of carbonyl (C=O) groups is 1. The number of benzene rings is 1. The Balaban J connectivity index is 2.70. The third kappa shape index (κ3) is 2.74. The molecule has 5 heteroatoms. The Bertz CT molecular complexity index is 762. The van der Waals surface area contributed by atoms with Crippen molar-refractivity contribution in [3.63, 3.8) is 0 Å². The first kappa shape index (κ1) is 15.8. The molecule has 0 amide bonds. The van der Waals surface area contributed by atoms with Gasteiger partial charge in [-0.15, -0.1) is 0 Å². The van der Waals surface area contributed by atoms with Crippen LogP contribution in [0.5, 0.6) is 11.5 Å². The number of ether oxygens (including phenoxy) is 2. The van der Waals surface area contributed by atoms with Crippen LogP contribution >= 0.6 is 0 Å². The lowest BCUT2D eigenvalue weighted by molar-refractivity contribution is 0.101. The minimum absolute atomic E-state index is 0.193. The fraction of sp³-hybridized carbons (Fsp3) is 0.294. The van der Waals surface area contributed by atoms with E-state index in [-0.39, 0.29) is 16.9 Å². The first-order valence-electron chi connectivity index (χ1n) is 7.00. The summed E-state index contributed by atoms with van der Waals surface area (Å²) in [6.07, 6.45) is 0. The first-order valence-corrected chi connectivity index (χ1v) is 7.00. The summed E-state index contributed by atoms with van der Waals surface area (Å²) in [4.78, 5) is 24.0. The number of rotatable bonds is 5. The number of pyridine rings is 1. The van der Waals surface area contributed by atoms with E-state index < -0.39 is 0 Å². The predicted octanol–water partition coefficient (Wildman–Crippen LogP) is 2.76. The third-order valence-corrected chi connectivity index (χ3v) is 3.55. The van der Waals surface area contributed by atoms with Gasteiger partial charge in [-0.2, -0.15) is 0 Å². The average molecular weight is 301 g/mol. The number of hydrogen-bond acceptors (Lipinski definition) is 4.